The molecular weight excluding hydrogens is 308 g/mol. The molecule has 0 spiro atoms. The molecule has 0 saturated carbocycles. The van der Waals surface area contributed by atoms with Gasteiger partial charge < -0.3 is 4.74 Å². The van der Waals surface area contributed by atoms with Gasteiger partial charge in [0.1, 0.15) is 6.61 Å². The van der Waals surface area contributed by atoms with Crippen LogP contribution in [-0.4, -0.2) is 73.8 Å². The van der Waals surface area contributed by atoms with Crippen molar-refractivity contribution >= 4 is 16.6 Å². The van der Waals surface area contributed by atoms with E-state index in [9.17, 15) is 4.79 Å². The minimum absolute atomic E-state index is 0.215. The Kier molecular flexibility index (Phi) is 6.05. The van der Waals surface area contributed by atoms with Gasteiger partial charge in [-0.3, -0.25) is 9.80 Å². The van der Waals surface area contributed by atoms with Crippen molar-refractivity contribution in [2.75, 3.05) is 39.3 Å². The molecule has 1 unspecified atom stereocenters. The largest absolute Gasteiger partial charge is 0.460 e. The number of piperazine rings is 3. The maximum atomic E-state index is 11.8. The summed E-state index contributed by atoms with van der Waals surface area (Å²) in [4.78, 5) is 16.7. The van der Waals surface area contributed by atoms with Crippen LogP contribution in [0.15, 0.2) is 30.3 Å². The van der Waals surface area contributed by atoms with E-state index >= 15 is 0 Å². The number of carbonyl (C=O) groups excluding carboxylic acids is 1. The van der Waals surface area contributed by atoms with Gasteiger partial charge in [0.25, 0.3) is 0 Å². The molecule has 22 heavy (non-hydrogen) atoms. The summed E-state index contributed by atoms with van der Waals surface area (Å²) in [6.07, 6.45) is 0. The number of fused-ring (bicyclic) bond motifs is 3. The van der Waals surface area contributed by atoms with E-state index in [1.165, 1.54) is 0 Å². The molecule has 3 aliphatic heterocycles. The van der Waals surface area contributed by atoms with Crippen molar-refractivity contribution in [3.05, 3.63) is 35.9 Å². The Balaban J connectivity index is 0.000000396. The van der Waals surface area contributed by atoms with Crippen LogP contribution in [0.3, 0.4) is 0 Å². The number of hydrogen-bond donors (Lipinski definition) is 0. The summed E-state index contributed by atoms with van der Waals surface area (Å²) in [6.45, 7) is 6.06. The molecule has 1 aromatic carbocycles. The lowest BCUT2D eigenvalue weighted by atomic mass is 10.1. The molecule has 0 N–H and O–H groups in total. The van der Waals surface area contributed by atoms with Crippen LogP contribution in [0.1, 0.15) is 10.4 Å². The van der Waals surface area contributed by atoms with Gasteiger partial charge in [-0.2, -0.15) is 0 Å². The second-order valence-corrected chi connectivity index (χ2v) is 5.57. The Morgan fingerprint density at radius 3 is 2.18 bits per heavy atom. The highest BCUT2D eigenvalue weighted by Crippen LogP contribution is 2.16. The molecule has 0 radical (unpaired) electrons. The Labute approximate surface area is 130 Å². The van der Waals surface area contributed by atoms with Crippen molar-refractivity contribution in [3.8, 4) is 0 Å². The molecule has 4 rings (SSSR count). The van der Waals surface area contributed by atoms with E-state index in [2.05, 4.69) is 9.80 Å². The maximum absolute atomic E-state index is 11.8. The molecule has 3 aliphatic rings. The van der Waals surface area contributed by atoms with Crippen molar-refractivity contribution in [1.82, 2.24) is 9.80 Å². The Bertz CT molecular complexity index is 590. The second kappa shape index (κ2) is 8.02. The normalized spacial score (nSPS) is 25.7. The number of nitrogens with zero attached hydrogens (tertiary/aromatic N) is 2. The van der Waals surface area contributed by atoms with Crippen LogP contribution in [0.5, 0.6) is 0 Å². The lowest BCUT2D eigenvalue weighted by Gasteiger charge is -2.47. The SMILES string of the molecule is O=C(OCC1CN2CCN1CC2)c1ccccc1.O=S(=O)=O. The van der Waals surface area contributed by atoms with E-state index in [4.69, 9.17) is 17.4 Å². The average molecular weight is 326 g/mol. The molecule has 2 bridgehead atoms. The highest BCUT2D eigenvalue weighted by Gasteiger charge is 2.32. The number of hydrogen-bond acceptors (Lipinski definition) is 7. The van der Waals surface area contributed by atoms with Crippen LogP contribution in [0, 0.1) is 0 Å². The van der Waals surface area contributed by atoms with Crippen molar-refractivity contribution in [2.24, 2.45) is 0 Å². The number of carbonyl (C=O) groups is 1. The molecule has 3 fully saturated rings. The summed E-state index contributed by atoms with van der Waals surface area (Å²) in [7, 11) is -3.11. The summed E-state index contributed by atoms with van der Waals surface area (Å²) in [5.74, 6) is -0.215. The topological polar surface area (TPSA) is 84.0 Å². The van der Waals surface area contributed by atoms with Crippen molar-refractivity contribution in [2.45, 2.75) is 6.04 Å². The molecule has 0 aliphatic carbocycles. The zero-order chi connectivity index (χ0) is 15.9. The third-order valence-corrected chi connectivity index (χ3v) is 3.81. The molecule has 0 aromatic heterocycles. The van der Waals surface area contributed by atoms with Gasteiger partial charge in [-0.05, 0) is 12.1 Å². The van der Waals surface area contributed by atoms with E-state index < -0.39 is 10.6 Å². The summed E-state index contributed by atoms with van der Waals surface area (Å²) < 4.78 is 30.7. The Morgan fingerprint density at radius 1 is 1.09 bits per heavy atom. The van der Waals surface area contributed by atoms with E-state index in [-0.39, 0.29) is 5.97 Å². The number of esters is 1. The first-order chi connectivity index (χ1) is 10.6. The van der Waals surface area contributed by atoms with Crippen LogP contribution >= 0.6 is 0 Å². The van der Waals surface area contributed by atoms with E-state index in [0.29, 0.717) is 18.2 Å². The van der Waals surface area contributed by atoms with E-state index in [0.717, 1.165) is 32.7 Å². The van der Waals surface area contributed by atoms with Crippen LogP contribution in [0.4, 0.5) is 0 Å². The fraction of sp³-hybridized carbons (Fsp3) is 0.500. The van der Waals surface area contributed by atoms with Gasteiger partial charge in [0.15, 0.2) is 0 Å². The van der Waals surface area contributed by atoms with Crippen LogP contribution < -0.4 is 0 Å². The van der Waals surface area contributed by atoms with Gasteiger partial charge in [0.05, 0.1) is 11.6 Å². The minimum atomic E-state index is -3.11. The average Bonchev–Trinajstić information content (AvgIpc) is 2.54. The molecular formula is C14H18N2O5S. The molecule has 1 atom stereocenters. The molecule has 3 saturated heterocycles. The van der Waals surface area contributed by atoms with Gasteiger partial charge in [0.2, 0.25) is 0 Å². The lowest BCUT2D eigenvalue weighted by molar-refractivity contribution is -0.0215. The molecule has 3 heterocycles. The Hall–Kier alpha value is -1.77. The first kappa shape index (κ1) is 16.6. The van der Waals surface area contributed by atoms with Crippen molar-refractivity contribution < 1.29 is 22.2 Å². The fourth-order valence-corrected chi connectivity index (χ4v) is 2.71. The Morgan fingerprint density at radius 2 is 1.68 bits per heavy atom. The number of ether oxygens (including phenoxy) is 1. The van der Waals surface area contributed by atoms with E-state index in [1.807, 2.05) is 18.2 Å². The zero-order valence-corrected chi connectivity index (χ0v) is 12.9. The molecule has 8 heteroatoms. The first-order valence-electron chi connectivity index (χ1n) is 7.01. The molecule has 7 nitrogen and oxygen atoms in total. The third kappa shape index (κ3) is 4.90. The second-order valence-electron chi connectivity index (χ2n) is 5.16. The van der Waals surface area contributed by atoms with Crippen molar-refractivity contribution in [1.29, 1.82) is 0 Å². The van der Waals surface area contributed by atoms with Crippen LogP contribution in [-0.2, 0) is 15.3 Å². The number of benzene rings is 1. The zero-order valence-electron chi connectivity index (χ0n) is 12.1. The van der Waals surface area contributed by atoms with Gasteiger partial charge >= 0.3 is 16.6 Å². The predicted molar refractivity (Wildman–Crippen MR) is 78.2 cm³/mol. The minimum Gasteiger partial charge on any atom is -0.460 e. The monoisotopic (exact) mass is 326 g/mol. The highest BCUT2D eigenvalue weighted by molar-refractivity contribution is 7.59. The standard InChI is InChI=1S/C14H18N2O2.O3S/c17-14(12-4-2-1-3-5-12)18-11-13-10-15-6-8-16(13)9-7-15;1-4(2)3/h1-5,13H,6-11H2;. The maximum Gasteiger partial charge on any atom is 0.425 e. The summed E-state index contributed by atoms with van der Waals surface area (Å²) in [5.41, 5.74) is 0.633. The van der Waals surface area contributed by atoms with Crippen LogP contribution in [0.25, 0.3) is 0 Å². The lowest BCUT2D eigenvalue weighted by Crippen LogP contribution is -2.62. The van der Waals surface area contributed by atoms with Crippen LogP contribution in [0.2, 0.25) is 0 Å². The van der Waals surface area contributed by atoms with Gasteiger partial charge in [0, 0.05) is 32.7 Å². The quantitative estimate of drug-likeness (QED) is 0.714. The first-order valence-corrected chi connectivity index (χ1v) is 8.01. The molecule has 0 amide bonds. The highest BCUT2D eigenvalue weighted by atomic mass is 32.2. The molecule has 1 aromatic rings. The smallest absolute Gasteiger partial charge is 0.425 e. The predicted octanol–water partition coefficient (Wildman–Crippen LogP) is -0.161. The van der Waals surface area contributed by atoms with Gasteiger partial charge in [-0.15, -0.1) is 12.6 Å². The number of rotatable bonds is 3. The molecule has 120 valence electrons. The van der Waals surface area contributed by atoms with Crippen molar-refractivity contribution in [3.63, 3.8) is 0 Å². The fourth-order valence-electron chi connectivity index (χ4n) is 2.71. The summed E-state index contributed by atoms with van der Waals surface area (Å²) in [5, 5.41) is 0. The van der Waals surface area contributed by atoms with E-state index in [1.54, 1.807) is 12.1 Å². The van der Waals surface area contributed by atoms with Gasteiger partial charge in [-0.25, -0.2) is 4.79 Å². The third-order valence-electron chi connectivity index (χ3n) is 3.81. The summed E-state index contributed by atoms with van der Waals surface area (Å²) in [6, 6.07) is 9.57. The summed E-state index contributed by atoms with van der Waals surface area (Å²) >= 11 is 0. The van der Waals surface area contributed by atoms with Gasteiger partial charge in [-0.1, -0.05) is 18.2 Å².